The third-order valence-electron chi connectivity index (χ3n) is 3.78. The molecule has 0 spiro atoms. The number of para-hydroxylation sites is 1. The molecule has 0 fully saturated rings. The van der Waals surface area contributed by atoms with E-state index in [2.05, 4.69) is 0 Å². The molecule has 1 unspecified atom stereocenters. The number of carbonyl (C=O) groups excluding carboxylic acids is 2. The summed E-state index contributed by atoms with van der Waals surface area (Å²) >= 11 is 0. The number of anilines is 1. The van der Waals surface area contributed by atoms with E-state index in [-0.39, 0.29) is 11.1 Å². The van der Waals surface area contributed by atoms with Crippen LogP contribution in [0.5, 0.6) is 0 Å². The largest absolute Gasteiger partial charge is 0.308 e. The molecular formula is C17H14FNO2. The average molecular weight is 283 g/mol. The lowest BCUT2D eigenvalue weighted by Crippen LogP contribution is -2.53. The SMILES string of the molecule is CCN1C(=O)C(F)(c2ccccc2)C(=O)c2ccccc21. The maximum Gasteiger partial charge on any atom is 0.277 e. The second-order valence-corrected chi connectivity index (χ2v) is 4.92. The van der Waals surface area contributed by atoms with Gasteiger partial charge in [-0.15, -0.1) is 0 Å². The first kappa shape index (κ1) is 13.5. The predicted octanol–water partition coefficient (Wildman–Crippen LogP) is 3.10. The Balaban J connectivity index is 2.25. The third kappa shape index (κ3) is 1.79. The van der Waals surface area contributed by atoms with Gasteiger partial charge in [0, 0.05) is 17.7 Å². The van der Waals surface area contributed by atoms with Gasteiger partial charge in [0.05, 0.1) is 5.69 Å². The molecule has 0 saturated heterocycles. The first-order chi connectivity index (χ1) is 10.1. The molecule has 2 aromatic carbocycles. The van der Waals surface area contributed by atoms with Crippen LogP contribution in [-0.2, 0) is 10.5 Å². The van der Waals surface area contributed by atoms with E-state index >= 15 is 4.39 Å². The molecule has 3 nitrogen and oxygen atoms in total. The van der Waals surface area contributed by atoms with E-state index < -0.39 is 17.4 Å². The number of Topliss-reactive ketones (excluding diaryl/α,β-unsaturated/α-hetero) is 1. The number of ketones is 1. The minimum Gasteiger partial charge on any atom is -0.308 e. The fourth-order valence-electron chi connectivity index (χ4n) is 2.72. The molecule has 0 saturated carbocycles. The number of benzene rings is 2. The molecule has 0 radical (unpaired) electrons. The molecule has 4 heteroatoms. The molecule has 0 N–H and O–H groups in total. The standard InChI is InChI=1S/C17H14FNO2/c1-2-19-14-11-7-6-10-13(14)15(20)17(18,16(19)21)12-8-4-3-5-9-12/h3-11H,2H2,1H3. The molecule has 1 aliphatic heterocycles. The van der Waals surface area contributed by atoms with Gasteiger partial charge in [-0.3, -0.25) is 9.59 Å². The summed E-state index contributed by atoms with van der Waals surface area (Å²) in [7, 11) is 0. The molecule has 1 aliphatic rings. The topological polar surface area (TPSA) is 37.4 Å². The zero-order valence-electron chi connectivity index (χ0n) is 11.5. The molecule has 106 valence electrons. The van der Waals surface area contributed by atoms with Crippen molar-refractivity contribution in [2.75, 3.05) is 11.4 Å². The van der Waals surface area contributed by atoms with Crippen LogP contribution in [0.3, 0.4) is 0 Å². The molecule has 21 heavy (non-hydrogen) atoms. The second-order valence-electron chi connectivity index (χ2n) is 4.92. The van der Waals surface area contributed by atoms with Gasteiger partial charge in [0.1, 0.15) is 0 Å². The number of hydrogen-bond donors (Lipinski definition) is 0. The molecule has 1 amide bonds. The van der Waals surface area contributed by atoms with Gasteiger partial charge in [0.15, 0.2) is 0 Å². The van der Waals surface area contributed by atoms with Gasteiger partial charge >= 0.3 is 0 Å². The van der Waals surface area contributed by atoms with Crippen LogP contribution in [0.1, 0.15) is 22.8 Å². The van der Waals surface area contributed by atoms with Crippen LogP contribution >= 0.6 is 0 Å². The average Bonchev–Trinajstić information content (AvgIpc) is 2.54. The Hall–Kier alpha value is -2.49. The number of fused-ring (bicyclic) bond motifs is 1. The Morgan fingerprint density at radius 1 is 1.00 bits per heavy atom. The van der Waals surface area contributed by atoms with Crippen molar-refractivity contribution in [3.8, 4) is 0 Å². The van der Waals surface area contributed by atoms with Gasteiger partial charge in [-0.25, -0.2) is 4.39 Å². The number of carbonyl (C=O) groups is 2. The van der Waals surface area contributed by atoms with Crippen LogP contribution in [0.4, 0.5) is 10.1 Å². The lowest BCUT2D eigenvalue weighted by molar-refractivity contribution is -0.128. The first-order valence-corrected chi connectivity index (χ1v) is 6.81. The zero-order chi connectivity index (χ0) is 15.0. The molecule has 0 bridgehead atoms. The quantitative estimate of drug-likeness (QED) is 0.794. The highest BCUT2D eigenvalue weighted by Crippen LogP contribution is 2.40. The number of rotatable bonds is 2. The summed E-state index contributed by atoms with van der Waals surface area (Å²) in [6, 6.07) is 14.5. The van der Waals surface area contributed by atoms with Crippen molar-refractivity contribution in [1.29, 1.82) is 0 Å². The Morgan fingerprint density at radius 2 is 1.62 bits per heavy atom. The molecule has 0 aromatic heterocycles. The van der Waals surface area contributed by atoms with Gasteiger partial charge in [0.25, 0.3) is 11.6 Å². The minimum atomic E-state index is -2.65. The van der Waals surface area contributed by atoms with Crippen molar-refractivity contribution in [1.82, 2.24) is 0 Å². The summed E-state index contributed by atoms with van der Waals surface area (Å²) in [6.07, 6.45) is 0. The first-order valence-electron chi connectivity index (χ1n) is 6.81. The van der Waals surface area contributed by atoms with E-state index in [1.165, 1.54) is 17.0 Å². The van der Waals surface area contributed by atoms with E-state index in [1.54, 1.807) is 49.4 Å². The fraction of sp³-hybridized carbons (Fsp3) is 0.176. The van der Waals surface area contributed by atoms with Crippen LogP contribution in [-0.4, -0.2) is 18.2 Å². The van der Waals surface area contributed by atoms with E-state index in [9.17, 15) is 9.59 Å². The third-order valence-corrected chi connectivity index (χ3v) is 3.78. The number of nitrogens with zero attached hydrogens (tertiary/aromatic N) is 1. The fourth-order valence-corrected chi connectivity index (χ4v) is 2.72. The second kappa shape index (κ2) is 4.81. The number of likely N-dealkylation sites (N-methyl/N-ethyl adjacent to an activating group) is 1. The molecule has 1 atom stereocenters. The molecular weight excluding hydrogens is 269 g/mol. The number of amides is 1. The Kier molecular flexibility index (Phi) is 3.09. The van der Waals surface area contributed by atoms with Crippen LogP contribution < -0.4 is 4.90 Å². The summed E-state index contributed by atoms with van der Waals surface area (Å²) in [4.78, 5) is 26.5. The van der Waals surface area contributed by atoms with E-state index in [1.807, 2.05) is 0 Å². The summed E-state index contributed by atoms with van der Waals surface area (Å²) in [5.41, 5.74) is -1.86. The van der Waals surface area contributed by atoms with Crippen molar-refractivity contribution in [3.05, 3.63) is 65.7 Å². The summed E-state index contributed by atoms with van der Waals surface area (Å²) < 4.78 is 15.5. The van der Waals surface area contributed by atoms with Crippen molar-refractivity contribution in [2.24, 2.45) is 0 Å². The van der Waals surface area contributed by atoms with Crippen molar-refractivity contribution >= 4 is 17.4 Å². The lowest BCUT2D eigenvalue weighted by Gasteiger charge is -2.36. The minimum absolute atomic E-state index is 0.0768. The van der Waals surface area contributed by atoms with E-state index in [0.717, 1.165) is 0 Å². The highest BCUT2D eigenvalue weighted by atomic mass is 19.1. The lowest BCUT2D eigenvalue weighted by atomic mass is 9.82. The van der Waals surface area contributed by atoms with Crippen LogP contribution in [0.15, 0.2) is 54.6 Å². The number of alkyl halides is 1. The van der Waals surface area contributed by atoms with Crippen molar-refractivity contribution < 1.29 is 14.0 Å². The van der Waals surface area contributed by atoms with Gasteiger partial charge in [-0.05, 0) is 19.1 Å². The van der Waals surface area contributed by atoms with Gasteiger partial charge in [-0.1, -0.05) is 42.5 Å². The molecule has 3 rings (SSSR count). The van der Waals surface area contributed by atoms with Gasteiger partial charge < -0.3 is 4.90 Å². The maximum atomic E-state index is 15.5. The molecule has 0 aliphatic carbocycles. The summed E-state index contributed by atoms with van der Waals surface area (Å²) in [5, 5.41) is 0. The summed E-state index contributed by atoms with van der Waals surface area (Å²) in [5.74, 6) is -1.61. The normalized spacial score (nSPS) is 21.3. The highest BCUT2D eigenvalue weighted by Gasteiger charge is 2.54. The van der Waals surface area contributed by atoms with E-state index in [4.69, 9.17) is 0 Å². The highest BCUT2D eigenvalue weighted by molar-refractivity contribution is 6.27. The molecule has 1 heterocycles. The Labute approximate surface area is 122 Å². The maximum absolute atomic E-state index is 15.5. The Morgan fingerprint density at radius 3 is 2.29 bits per heavy atom. The van der Waals surface area contributed by atoms with E-state index in [0.29, 0.717) is 12.2 Å². The number of hydrogen-bond acceptors (Lipinski definition) is 2. The zero-order valence-corrected chi connectivity index (χ0v) is 11.5. The van der Waals surface area contributed by atoms with Gasteiger partial charge in [-0.2, -0.15) is 0 Å². The van der Waals surface area contributed by atoms with Crippen LogP contribution in [0.2, 0.25) is 0 Å². The molecule has 2 aromatic rings. The Bertz CT molecular complexity index is 714. The predicted molar refractivity (Wildman–Crippen MR) is 78.0 cm³/mol. The van der Waals surface area contributed by atoms with Gasteiger partial charge in [0.2, 0.25) is 5.78 Å². The van der Waals surface area contributed by atoms with Crippen LogP contribution in [0, 0.1) is 0 Å². The smallest absolute Gasteiger partial charge is 0.277 e. The van der Waals surface area contributed by atoms with Crippen molar-refractivity contribution in [3.63, 3.8) is 0 Å². The monoisotopic (exact) mass is 283 g/mol. The summed E-state index contributed by atoms with van der Waals surface area (Å²) in [6.45, 7) is 2.07. The van der Waals surface area contributed by atoms with Crippen LogP contribution in [0.25, 0.3) is 0 Å². The van der Waals surface area contributed by atoms with Crippen molar-refractivity contribution in [2.45, 2.75) is 12.6 Å². The number of halogens is 1.